The van der Waals surface area contributed by atoms with Gasteiger partial charge in [-0.05, 0) is 6.42 Å². The Balaban J connectivity index is 2.61. The van der Waals surface area contributed by atoms with Crippen LogP contribution in [-0.4, -0.2) is 11.6 Å². The molecule has 0 unspecified atom stereocenters. The molecule has 0 bridgehead atoms. The Bertz CT molecular complexity index is 184. The molecule has 62 valence electrons. The lowest BCUT2D eigenvalue weighted by molar-refractivity contribution is -0.127. The van der Waals surface area contributed by atoms with Crippen molar-refractivity contribution >= 4 is 11.6 Å². The second-order valence-electron chi connectivity index (χ2n) is 3.22. The van der Waals surface area contributed by atoms with E-state index in [4.69, 9.17) is 0 Å². The number of ketones is 2. The van der Waals surface area contributed by atoms with Crippen LogP contribution in [0, 0.1) is 11.8 Å². The summed E-state index contributed by atoms with van der Waals surface area (Å²) in [4.78, 5) is 22.3. The number of Topliss-reactive ketones (excluding diaryl/α,β-unsaturated/α-hetero) is 2. The summed E-state index contributed by atoms with van der Waals surface area (Å²) in [7, 11) is 0. The lowest BCUT2D eigenvalue weighted by atomic mass is 9.92. The topological polar surface area (TPSA) is 34.1 Å². The molecule has 0 aromatic carbocycles. The van der Waals surface area contributed by atoms with Crippen LogP contribution in [-0.2, 0) is 9.59 Å². The highest BCUT2D eigenvalue weighted by Crippen LogP contribution is 2.29. The molecule has 0 saturated heterocycles. The first-order valence-corrected chi connectivity index (χ1v) is 4.22. The lowest BCUT2D eigenvalue weighted by Gasteiger charge is -2.10. The summed E-state index contributed by atoms with van der Waals surface area (Å²) in [5.74, 6) is 0.537. The Labute approximate surface area is 67.0 Å². The Kier molecular flexibility index (Phi) is 2.42. The summed E-state index contributed by atoms with van der Waals surface area (Å²) in [5, 5.41) is 0. The first kappa shape index (κ1) is 8.44. The van der Waals surface area contributed by atoms with Crippen LogP contribution in [0.2, 0.25) is 0 Å². The smallest absolute Gasteiger partial charge is 0.136 e. The van der Waals surface area contributed by atoms with Crippen molar-refractivity contribution in [2.24, 2.45) is 11.8 Å². The highest BCUT2D eigenvalue weighted by Gasteiger charge is 2.34. The molecule has 2 atom stereocenters. The second kappa shape index (κ2) is 3.16. The Hall–Kier alpha value is -0.660. The van der Waals surface area contributed by atoms with E-state index < -0.39 is 0 Å². The lowest BCUT2D eigenvalue weighted by Crippen LogP contribution is -2.18. The van der Waals surface area contributed by atoms with Gasteiger partial charge in [-0.25, -0.2) is 0 Å². The average molecular weight is 154 g/mol. The molecule has 2 heteroatoms. The fraction of sp³-hybridized carbons (Fsp3) is 0.778. The van der Waals surface area contributed by atoms with Crippen LogP contribution in [0.25, 0.3) is 0 Å². The molecule has 2 nitrogen and oxygen atoms in total. The third-order valence-electron chi connectivity index (χ3n) is 2.58. The van der Waals surface area contributed by atoms with E-state index in [1.54, 1.807) is 0 Å². The summed E-state index contributed by atoms with van der Waals surface area (Å²) in [6.07, 6.45) is 1.96. The molecule has 0 amide bonds. The molecule has 0 heterocycles. The van der Waals surface area contributed by atoms with Crippen LogP contribution >= 0.6 is 0 Å². The zero-order valence-corrected chi connectivity index (χ0v) is 7.09. The largest absolute Gasteiger partial charge is 0.299 e. The number of hydrogen-bond acceptors (Lipinski definition) is 2. The molecule has 0 N–H and O–H groups in total. The monoisotopic (exact) mass is 154 g/mol. The highest BCUT2D eigenvalue weighted by molar-refractivity contribution is 5.92. The van der Waals surface area contributed by atoms with Crippen LogP contribution in [0.4, 0.5) is 0 Å². The Morgan fingerprint density at radius 3 is 2.64 bits per heavy atom. The number of carbonyl (C=O) groups is 2. The molecule has 1 fully saturated rings. The maximum Gasteiger partial charge on any atom is 0.136 e. The third-order valence-corrected chi connectivity index (χ3v) is 2.58. The van der Waals surface area contributed by atoms with Crippen LogP contribution in [0.5, 0.6) is 0 Å². The van der Waals surface area contributed by atoms with Crippen LogP contribution in [0.3, 0.4) is 0 Å². The van der Waals surface area contributed by atoms with E-state index in [1.165, 1.54) is 0 Å². The van der Waals surface area contributed by atoms with Crippen molar-refractivity contribution in [1.82, 2.24) is 0 Å². The van der Waals surface area contributed by atoms with E-state index >= 15 is 0 Å². The zero-order chi connectivity index (χ0) is 8.43. The van der Waals surface area contributed by atoms with Crippen molar-refractivity contribution in [2.45, 2.75) is 33.1 Å². The SMILES string of the molecule is CCC(=O)[C@H]1CCC(=O)[C@H]1C. The van der Waals surface area contributed by atoms with Gasteiger partial charge in [-0.15, -0.1) is 0 Å². The van der Waals surface area contributed by atoms with Gasteiger partial charge >= 0.3 is 0 Å². The van der Waals surface area contributed by atoms with Crippen LogP contribution in [0.15, 0.2) is 0 Å². The van der Waals surface area contributed by atoms with E-state index in [0.29, 0.717) is 12.8 Å². The minimum Gasteiger partial charge on any atom is -0.299 e. The molecule has 0 aromatic heterocycles. The van der Waals surface area contributed by atoms with Crippen molar-refractivity contribution in [1.29, 1.82) is 0 Å². The predicted octanol–water partition coefficient (Wildman–Crippen LogP) is 1.58. The Morgan fingerprint density at radius 2 is 2.27 bits per heavy atom. The second-order valence-corrected chi connectivity index (χ2v) is 3.22. The number of rotatable bonds is 2. The zero-order valence-electron chi connectivity index (χ0n) is 7.09. The molecule has 0 spiro atoms. The first-order valence-electron chi connectivity index (χ1n) is 4.22. The molecule has 1 aliphatic rings. The predicted molar refractivity (Wildman–Crippen MR) is 42.2 cm³/mol. The van der Waals surface area contributed by atoms with Crippen molar-refractivity contribution in [2.75, 3.05) is 0 Å². The van der Waals surface area contributed by atoms with E-state index in [-0.39, 0.29) is 23.4 Å². The van der Waals surface area contributed by atoms with Crippen LogP contribution in [0.1, 0.15) is 33.1 Å². The standard InChI is InChI=1S/C9H14O2/c1-3-8(10)7-4-5-9(11)6(7)2/h6-7H,3-5H2,1-2H3/t6-,7-/m0/s1. The molecule has 11 heavy (non-hydrogen) atoms. The van der Waals surface area contributed by atoms with Gasteiger partial charge in [-0.2, -0.15) is 0 Å². The third kappa shape index (κ3) is 1.50. The summed E-state index contributed by atoms with van der Waals surface area (Å²) in [6.45, 7) is 3.73. The van der Waals surface area contributed by atoms with E-state index in [0.717, 1.165) is 6.42 Å². The van der Waals surface area contributed by atoms with Gasteiger partial charge in [0.05, 0.1) is 0 Å². The molecular formula is C9H14O2. The van der Waals surface area contributed by atoms with Gasteiger partial charge in [0.2, 0.25) is 0 Å². The first-order chi connectivity index (χ1) is 5.16. The molecule has 1 saturated carbocycles. The average Bonchev–Trinajstić information content (AvgIpc) is 2.32. The quantitative estimate of drug-likeness (QED) is 0.605. The molecule has 0 aromatic rings. The van der Waals surface area contributed by atoms with Gasteiger partial charge < -0.3 is 0 Å². The molecule has 1 rings (SSSR count). The summed E-state index contributed by atoms with van der Waals surface area (Å²) in [5.41, 5.74) is 0. The van der Waals surface area contributed by atoms with Crippen molar-refractivity contribution in [3.8, 4) is 0 Å². The van der Waals surface area contributed by atoms with Gasteiger partial charge in [0.15, 0.2) is 0 Å². The highest BCUT2D eigenvalue weighted by atomic mass is 16.1. The van der Waals surface area contributed by atoms with Gasteiger partial charge in [0.25, 0.3) is 0 Å². The molecule has 0 aliphatic heterocycles. The minimum absolute atomic E-state index is 0.0116. The fourth-order valence-corrected chi connectivity index (χ4v) is 1.70. The molecule has 1 aliphatic carbocycles. The van der Waals surface area contributed by atoms with Gasteiger partial charge in [-0.1, -0.05) is 13.8 Å². The van der Waals surface area contributed by atoms with Gasteiger partial charge in [-0.3, -0.25) is 9.59 Å². The summed E-state index contributed by atoms with van der Waals surface area (Å²) in [6, 6.07) is 0. The van der Waals surface area contributed by atoms with Gasteiger partial charge in [0, 0.05) is 24.7 Å². The number of hydrogen-bond donors (Lipinski definition) is 0. The normalized spacial score (nSPS) is 30.9. The number of carbonyl (C=O) groups excluding carboxylic acids is 2. The fourth-order valence-electron chi connectivity index (χ4n) is 1.70. The van der Waals surface area contributed by atoms with Crippen molar-refractivity contribution < 1.29 is 9.59 Å². The minimum atomic E-state index is -0.0116. The maximum atomic E-state index is 11.2. The van der Waals surface area contributed by atoms with E-state index in [1.807, 2.05) is 13.8 Å². The summed E-state index contributed by atoms with van der Waals surface area (Å²) < 4.78 is 0. The van der Waals surface area contributed by atoms with E-state index in [9.17, 15) is 9.59 Å². The summed E-state index contributed by atoms with van der Waals surface area (Å²) >= 11 is 0. The molecular weight excluding hydrogens is 140 g/mol. The molecule has 0 radical (unpaired) electrons. The Morgan fingerprint density at radius 1 is 1.64 bits per heavy atom. The van der Waals surface area contributed by atoms with Crippen molar-refractivity contribution in [3.05, 3.63) is 0 Å². The maximum absolute atomic E-state index is 11.2. The van der Waals surface area contributed by atoms with Crippen molar-refractivity contribution in [3.63, 3.8) is 0 Å². The van der Waals surface area contributed by atoms with Crippen LogP contribution < -0.4 is 0 Å². The van der Waals surface area contributed by atoms with E-state index in [2.05, 4.69) is 0 Å². The van der Waals surface area contributed by atoms with Gasteiger partial charge in [0.1, 0.15) is 11.6 Å².